The highest BCUT2D eigenvalue weighted by molar-refractivity contribution is 5.92. The summed E-state index contributed by atoms with van der Waals surface area (Å²) in [4.78, 5) is 11.1. The molecule has 0 fully saturated rings. The van der Waals surface area contributed by atoms with Crippen molar-refractivity contribution in [3.63, 3.8) is 0 Å². The van der Waals surface area contributed by atoms with E-state index in [0.717, 1.165) is 5.56 Å². The van der Waals surface area contributed by atoms with Crippen molar-refractivity contribution >= 4 is 5.91 Å². The fraction of sp³-hybridized carbons (Fsp3) is 0.188. The Hall–Kier alpha value is -2.24. The Labute approximate surface area is 122 Å². The molecule has 1 amide bonds. The molecular formula is C16H17FN2O2. The number of hydrogen-bond donors (Lipinski definition) is 3. The van der Waals surface area contributed by atoms with Gasteiger partial charge in [-0.25, -0.2) is 4.39 Å². The molecule has 2 aromatic rings. The van der Waals surface area contributed by atoms with Gasteiger partial charge in [0.1, 0.15) is 5.82 Å². The molecule has 2 aromatic carbocycles. The van der Waals surface area contributed by atoms with Crippen LogP contribution in [0.1, 0.15) is 27.6 Å². The fourth-order valence-corrected chi connectivity index (χ4v) is 2.04. The topological polar surface area (TPSA) is 75.4 Å². The van der Waals surface area contributed by atoms with E-state index in [1.807, 2.05) is 6.07 Å². The highest BCUT2D eigenvalue weighted by atomic mass is 19.1. The summed E-state index contributed by atoms with van der Waals surface area (Å²) >= 11 is 0. The van der Waals surface area contributed by atoms with Gasteiger partial charge >= 0.3 is 0 Å². The molecule has 0 bridgehead atoms. The third-order valence-corrected chi connectivity index (χ3v) is 3.14. The predicted molar refractivity (Wildman–Crippen MR) is 78.0 cm³/mol. The molecule has 2 rings (SSSR count). The van der Waals surface area contributed by atoms with Gasteiger partial charge in [0.2, 0.25) is 5.91 Å². The number of rotatable bonds is 6. The van der Waals surface area contributed by atoms with Crippen molar-refractivity contribution in [3.05, 3.63) is 71.0 Å². The third kappa shape index (κ3) is 4.11. The molecule has 110 valence electrons. The Bertz CT molecular complexity index is 631. The van der Waals surface area contributed by atoms with Crippen LogP contribution in [0.5, 0.6) is 0 Å². The Morgan fingerprint density at radius 2 is 2.00 bits per heavy atom. The van der Waals surface area contributed by atoms with Gasteiger partial charge in [0.25, 0.3) is 0 Å². The Kier molecular flexibility index (Phi) is 5.03. The van der Waals surface area contributed by atoms with Crippen LogP contribution in [-0.2, 0) is 6.54 Å². The quantitative estimate of drug-likeness (QED) is 0.758. The van der Waals surface area contributed by atoms with Gasteiger partial charge in [0, 0.05) is 24.2 Å². The molecule has 0 heterocycles. The second-order valence-electron chi connectivity index (χ2n) is 4.73. The van der Waals surface area contributed by atoms with Crippen LogP contribution in [0, 0.1) is 5.82 Å². The minimum absolute atomic E-state index is 0.210. The normalized spacial score (nSPS) is 12.1. The first kappa shape index (κ1) is 15.2. The van der Waals surface area contributed by atoms with Crippen LogP contribution >= 0.6 is 0 Å². The first-order valence-electron chi connectivity index (χ1n) is 6.60. The van der Waals surface area contributed by atoms with E-state index in [0.29, 0.717) is 12.1 Å². The maximum Gasteiger partial charge on any atom is 0.248 e. The van der Waals surface area contributed by atoms with E-state index < -0.39 is 17.8 Å². The van der Waals surface area contributed by atoms with Crippen LogP contribution in [0.25, 0.3) is 0 Å². The fourth-order valence-electron chi connectivity index (χ4n) is 2.04. The average molecular weight is 288 g/mol. The lowest BCUT2D eigenvalue weighted by molar-refractivity contribution is 0.1000. The summed E-state index contributed by atoms with van der Waals surface area (Å²) in [5.41, 5.74) is 6.77. The van der Waals surface area contributed by atoms with Crippen LogP contribution in [0.3, 0.4) is 0 Å². The first-order valence-corrected chi connectivity index (χ1v) is 6.60. The van der Waals surface area contributed by atoms with E-state index in [1.54, 1.807) is 36.4 Å². The second-order valence-corrected chi connectivity index (χ2v) is 4.73. The van der Waals surface area contributed by atoms with Gasteiger partial charge in [-0.15, -0.1) is 0 Å². The smallest absolute Gasteiger partial charge is 0.248 e. The first-order chi connectivity index (χ1) is 10.1. The van der Waals surface area contributed by atoms with Crippen LogP contribution in [0.4, 0.5) is 4.39 Å². The molecule has 0 radical (unpaired) electrons. The van der Waals surface area contributed by atoms with Crippen molar-refractivity contribution in [2.45, 2.75) is 12.6 Å². The molecule has 21 heavy (non-hydrogen) atoms. The van der Waals surface area contributed by atoms with Crippen LogP contribution in [0.15, 0.2) is 48.5 Å². The summed E-state index contributed by atoms with van der Waals surface area (Å²) in [6.45, 7) is 0.661. The second kappa shape index (κ2) is 6.97. The average Bonchev–Trinajstić information content (AvgIpc) is 2.48. The molecule has 0 aliphatic rings. The summed E-state index contributed by atoms with van der Waals surface area (Å²) in [7, 11) is 0. The van der Waals surface area contributed by atoms with E-state index in [2.05, 4.69) is 5.32 Å². The summed E-state index contributed by atoms with van der Waals surface area (Å²) in [5, 5.41) is 13.0. The van der Waals surface area contributed by atoms with Crippen LogP contribution in [-0.4, -0.2) is 17.6 Å². The molecule has 0 saturated heterocycles. The lowest BCUT2D eigenvalue weighted by Crippen LogP contribution is -2.22. The molecule has 4 nitrogen and oxygen atoms in total. The van der Waals surface area contributed by atoms with Gasteiger partial charge in [-0.1, -0.05) is 30.3 Å². The summed E-state index contributed by atoms with van der Waals surface area (Å²) < 4.78 is 13.5. The monoisotopic (exact) mass is 288 g/mol. The molecule has 4 N–H and O–H groups in total. The largest absolute Gasteiger partial charge is 0.387 e. The zero-order valence-corrected chi connectivity index (χ0v) is 11.4. The molecule has 1 unspecified atom stereocenters. The number of hydrogen-bond acceptors (Lipinski definition) is 3. The number of primary amides is 1. The van der Waals surface area contributed by atoms with E-state index in [9.17, 15) is 14.3 Å². The lowest BCUT2D eigenvalue weighted by atomic mass is 10.1. The summed E-state index contributed by atoms with van der Waals surface area (Å²) in [6, 6.07) is 13.0. The lowest BCUT2D eigenvalue weighted by Gasteiger charge is -2.13. The summed E-state index contributed by atoms with van der Waals surface area (Å²) in [6.07, 6.45) is -0.925. The molecule has 0 saturated carbocycles. The molecule has 0 aliphatic carbocycles. The minimum Gasteiger partial charge on any atom is -0.387 e. The number of nitrogens with two attached hydrogens (primary N) is 1. The van der Waals surface area contributed by atoms with Gasteiger partial charge in [-0.3, -0.25) is 4.79 Å². The molecule has 0 aliphatic heterocycles. The summed E-state index contributed by atoms with van der Waals surface area (Å²) in [5.74, 6) is -0.911. The van der Waals surface area contributed by atoms with Gasteiger partial charge in [0.15, 0.2) is 0 Å². The van der Waals surface area contributed by atoms with E-state index in [-0.39, 0.29) is 12.1 Å². The van der Waals surface area contributed by atoms with Gasteiger partial charge in [0.05, 0.1) is 6.10 Å². The molecule has 1 atom stereocenters. The van der Waals surface area contributed by atoms with Crippen LogP contribution in [0.2, 0.25) is 0 Å². The number of amides is 1. The van der Waals surface area contributed by atoms with Gasteiger partial charge in [-0.2, -0.15) is 0 Å². The number of halogens is 1. The van der Waals surface area contributed by atoms with Crippen LogP contribution < -0.4 is 11.1 Å². The van der Waals surface area contributed by atoms with Crippen molar-refractivity contribution < 1.29 is 14.3 Å². The Morgan fingerprint density at radius 3 is 2.71 bits per heavy atom. The van der Waals surface area contributed by atoms with Gasteiger partial charge < -0.3 is 16.2 Å². The highest BCUT2D eigenvalue weighted by Crippen LogP contribution is 2.15. The van der Waals surface area contributed by atoms with Crippen molar-refractivity contribution in [3.8, 4) is 0 Å². The molecule has 0 spiro atoms. The van der Waals surface area contributed by atoms with Crippen molar-refractivity contribution in [2.75, 3.05) is 6.54 Å². The zero-order chi connectivity index (χ0) is 15.2. The number of aliphatic hydroxyl groups excluding tert-OH is 1. The standard InChI is InChI=1S/C16H17FN2O2/c17-14-7-2-1-6-13(14)15(20)10-19-9-11-4-3-5-12(8-11)16(18)21/h1-8,15,19-20H,9-10H2,(H2,18,21). The number of nitrogens with one attached hydrogen (secondary N) is 1. The van der Waals surface area contributed by atoms with Crippen molar-refractivity contribution in [1.29, 1.82) is 0 Å². The number of carbonyl (C=O) groups is 1. The maximum absolute atomic E-state index is 13.5. The molecular weight excluding hydrogens is 271 g/mol. The van der Waals surface area contributed by atoms with Crippen molar-refractivity contribution in [2.24, 2.45) is 5.73 Å². The Morgan fingerprint density at radius 1 is 1.24 bits per heavy atom. The number of benzene rings is 2. The van der Waals surface area contributed by atoms with E-state index >= 15 is 0 Å². The van der Waals surface area contributed by atoms with Crippen molar-refractivity contribution in [1.82, 2.24) is 5.32 Å². The maximum atomic E-state index is 13.5. The number of aliphatic hydroxyl groups is 1. The SMILES string of the molecule is NC(=O)c1cccc(CNCC(O)c2ccccc2F)c1. The van der Waals surface area contributed by atoms with E-state index in [4.69, 9.17) is 5.73 Å². The highest BCUT2D eigenvalue weighted by Gasteiger charge is 2.11. The third-order valence-electron chi connectivity index (χ3n) is 3.14. The predicted octanol–water partition coefficient (Wildman–Crippen LogP) is 1.75. The Balaban J connectivity index is 1.91. The molecule has 5 heteroatoms. The number of carbonyl (C=O) groups excluding carboxylic acids is 1. The minimum atomic E-state index is -0.925. The van der Waals surface area contributed by atoms with Gasteiger partial charge in [-0.05, 0) is 23.8 Å². The zero-order valence-electron chi connectivity index (χ0n) is 11.4. The molecule has 0 aromatic heterocycles. The van der Waals surface area contributed by atoms with E-state index in [1.165, 1.54) is 6.07 Å².